The molecule has 3 rings (SSSR count). The molecule has 1 aliphatic heterocycles. The van der Waals surface area contributed by atoms with Gasteiger partial charge in [0.1, 0.15) is 5.82 Å². The second kappa shape index (κ2) is 6.43. The first kappa shape index (κ1) is 16.2. The lowest BCUT2D eigenvalue weighted by Gasteiger charge is -2.19. The average molecular weight is 326 g/mol. The molecule has 1 fully saturated rings. The highest BCUT2D eigenvalue weighted by atomic mass is 19.1. The molecule has 1 N–H and O–H groups in total. The highest BCUT2D eigenvalue weighted by molar-refractivity contribution is 6.03. The molecule has 1 aliphatic rings. The van der Waals surface area contributed by atoms with E-state index in [9.17, 15) is 14.0 Å². The van der Waals surface area contributed by atoms with E-state index in [1.807, 2.05) is 32.0 Å². The van der Waals surface area contributed by atoms with Crippen molar-refractivity contribution < 1.29 is 14.0 Å². The van der Waals surface area contributed by atoms with Crippen LogP contribution in [-0.2, 0) is 9.59 Å². The zero-order valence-electron chi connectivity index (χ0n) is 13.7. The van der Waals surface area contributed by atoms with Crippen molar-refractivity contribution in [3.8, 4) is 0 Å². The van der Waals surface area contributed by atoms with Crippen molar-refractivity contribution in [1.82, 2.24) is 0 Å². The summed E-state index contributed by atoms with van der Waals surface area (Å²) in [5, 5.41) is 2.58. The fourth-order valence-electron chi connectivity index (χ4n) is 2.92. The Morgan fingerprint density at radius 3 is 2.71 bits per heavy atom. The number of para-hydroxylation sites is 1. The maximum absolute atomic E-state index is 13.7. The molecule has 1 unspecified atom stereocenters. The maximum Gasteiger partial charge on any atom is 0.229 e. The maximum atomic E-state index is 13.7. The Bertz CT molecular complexity index is 804. The molecular weight excluding hydrogens is 307 g/mol. The molecule has 24 heavy (non-hydrogen) atoms. The van der Waals surface area contributed by atoms with E-state index in [1.165, 1.54) is 12.1 Å². The zero-order chi connectivity index (χ0) is 17.3. The molecular formula is C19H19FN2O2. The number of carbonyl (C=O) groups excluding carboxylic acids is 2. The highest BCUT2D eigenvalue weighted by Crippen LogP contribution is 2.29. The van der Waals surface area contributed by atoms with E-state index in [0.717, 1.165) is 16.8 Å². The van der Waals surface area contributed by atoms with Crippen LogP contribution in [0.4, 0.5) is 15.8 Å². The number of carbonyl (C=O) groups is 2. The minimum atomic E-state index is -0.489. The van der Waals surface area contributed by atoms with Gasteiger partial charge in [0.05, 0.1) is 11.6 Å². The molecule has 4 nitrogen and oxygen atoms in total. The number of nitrogens with zero attached hydrogens (tertiary/aromatic N) is 1. The smallest absolute Gasteiger partial charge is 0.229 e. The van der Waals surface area contributed by atoms with Gasteiger partial charge in [-0.3, -0.25) is 9.59 Å². The van der Waals surface area contributed by atoms with Crippen LogP contribution in [0.5, 0.6) is 0 Å². The Labute approximate surface area is 140 Å². The van der Waals surface area contributed by atoms with Crippen LogP contribution in [0.3, 0.4) is 0 Å². The van der Waals surface area contributed by atoms with Gasteiger partial charge in [0.25, 0.3) is 0 Å². The summed E-state index contributed by atoms with van der Waals surface area (Å²) in [5.74, 6) is -1.39. The van der Waals surface area contributed by atoms with E-state index in [4.69, 9.17) is 0 Å². The van der Waals surface area contributed by atoms with E-state index in [-0.39, 0.29) is 23.9 Å². The van der Waals surface area contributed by atoms with Crippen molar-refractivity contribution in [2.45, 2.75) is 20.3 Å². The first-order valence-electron chi connectivity index (χ1n) is 7.88. The van der Waals surface area contributed by atoms with Crippen LogP contribution < -0.4 is 10.2 Å². The van der Waals surface area contributed by atoms with Gasteiger partial charge in [-0.15, -0.1) is 0 Å². The van der Waals surface area contributed by atoms with E-state index in [1.54, 1.807) is 17.0 Å². The Hall–Kier alpha value is -2.69. The molecule has 0 aliphatic carbocycles. The third-order valence-corrected chi connectivity index (χ3v) is 4.28. The van der Waals surface area contributed by atoms with Crippen molar-refractivity contribution >= 4 is 23.2 Å². The third kappa shape index (κ3) is 3.15. The molecule has 2 aromatic carbocycles. The van der Waals surface area contributed by atoms with Gasteiger partial charge in [0.2, 0.25) is 11.8 Å². The summed E-state index contributed by atoms with van der Waals surface area (Å²) in [6, 6.07) is 11.9. The fraction of sp³-hybridized carbons (Fsp3) is 0.263. The first-order valence-corrected chi connectivity index (χ1v) is 7.88. The van der Waals surface area contributed by atoms with E-state index >= 15 is 0 Å². The van der Waals surface area contributed by atoms with Crippen LogP contribution in [0.2, 0.25) is 0 Å². The number of aryl methyl sites for hydroxylation is 2. The number of hydrogen-bond donors (Lipinski definition) is 1. The monoisotopic (exact) mass is 326 g/mol. The summed E-state index contributed by atoms with van der Waals surface area (Å²) < 4.78 is 13.7. The molecule has 0 bridgehead atoms. The minimum Gasteiger partial charge on any atom is -0.323 e. The lowest BCUT2D eigenvalue weighted by Crippen LogP contribution is -2.28. The number of anilines is 2. The van der Waals surface area contributed by atoms with E-state index in [0.29, 0.717) is 6.54 Å². The van der Waals surface area contributed by atoms with Gasteiger partial charge in [0, 0.05) is 18.7 Å². The summed E-state index contributed by atoms with van der Waals surface area (Å²) >= 11 is 0. The van der Waals surface area contributed by atoms with Crippen LogP contribution in [0.1, 0.15) is 17.5 Å². The largest absolute Gasteiger partial charge is 0.323 e. The van der Waals surface area contributed by atoms with Crippen LogP contribution in [-0.4, -0.2) is 18.4 Å². The number of hydrogen-bond acceptors (Lipinski definition) is 2. The van der Waals surface area contributed by atoms with E-state index < -0.39 is 11.7 Å². The summed E-state index contributed by atoms with van der Waals surface area (Å²) in [6.07, 6.45) is 0.133. The van der Waals surface area contributed by atoms with Gasteiger partial charge in [0.15, 0.2) is 0 Å². The van der Waals surface area contributed by atoms with Crippen LogP contribution in [0, 0.1) is 25.6 Å². The number of benzene rings is 2. The summed E-state index contributed by atoms with van der Waals surface area (Å²) in [5.41, 5.74) is 3.02. The normalized spacial score (nSPS) is 17.2. The molecule has 1 saturated heterocycles. The summed E-state index contributed by atoms with van der Waals surface area (Å²) in [6.45, 7) is 4.21. The van der Waals surface area contributed by atoms with Gasteiger partial charge in [-0.25, -0.2) is 4.39 Å². The molecule has 1 heterocycles. The molecule has 0 aromatic heterocycles. The van der Waals surface area contributed by atoms with Crippen molar-refractivity contribution in [2.75, 3.05) is 16.8 Å². The Morgan fingerprint density at radius 1 is 1.21 bits per heavy atom. The number of halogens is 1. The second-order valence-electron chi connectivity index (χ2n) is 6.16. The third-order valence-electron chi connectivity index (χ3n) is 4.28. The van der Waals surface area contributed by atoms with Crippen molar-refractivity contribution in [3.63, 3.8) is 0 Å². The van der Waals surface area contributed by atoms with Gasteiger partial charge in [-0.1, -0.05) is 24.3 Å². The molecule has 2 aromatic rings. The minimum absolute atomic E-state index is 0.0858. The molecule has 0 radical (unpaired) electrons. The summed E-state index contributed by atoms with van der Waals surface area (Å²) in [4.78, 5) is 26.4. The van der Waals surface area contributed by atoms with Crippen LogP contribution in [0.15, 0.2) is 42.5 Å². The molecule has 5 heteroatoms. The van der Waals surface area contributed by atoms with Crippen LogP contribution >= 0.6 is 0 Å². The molecule has 0 spiro atoms. The van der Waals surface area contributed by atoms with Crippen LogP contribution in [0.25, 0.3) is 0 Å². The molecule has 124 valence electrons. The lowest BCUT2D eigenvalue weighted by atomic mass is 10.1. The lowest BCUT2D eigenvalue weighted by molar-refractivity contribution is -0.122. The standard InChI is InChI=1S/C19H19FN2O2/c1-12-7-8-13(2)17(9-12)22-11-14(10-18(22)23)19(24)21-16-6-4-3-5-15(16)20/h3-9,14H,10-11H2,1-2H3,(H,21,24). The van der Waals surface area contributed by atoms with Crippen molar-refractivity contribution in [1.29, 1.82) is 0 Å². The molecule has 2 amide bonds. The van der Waals surface area contributed by atoms with Crippen molar-refractivity contribution in [2.24, 2.45) is 5.92 Å². The Morgan fingerprint density at radius 2 is 1.96 bits per heavy atom. The number of rotatable bonds is 3. The number of nitrogens with one attached hydrogen (secondary N) is 1. The van der Waals surface area contributed by atoms with Gasteiger partial charge in [-0.2, -0.15) is 0 Å². The van der Waals surface area contributed by atoms with Crippen molar-refractivity contribution in [3.05, 3.63) is 59.4 Å². The highest BCUT2D eigenvalue weighted by Gasteiger charge is 2.35. The predicted octanol–water partition coefficient (Wildman–Crippen LogP) is 3.43. The Kier molecular flexibility index (Phi) is 4.34. The quantitative estimate of drug-likeness (QED) is 0.939. The van der Waals surface area contributed by atoms with Gasteiger partial charge in [-0.05, 0) is 43.2 Å². The SMILES string of the molecule is Cc1ccc(C)c(N2CC(C(=O)Nc3ccccc3F)CC2=O)c1. The van der Waals surface area contributed by atoms with Gasteiger partial charge >= 0.3 is 0 Å². The predicted molar refractivity (Wildman–Crippen MR) is 91.4 cm³/mol. The van der Waals surface area contributed by atoms with E-state index in [2.05, 4.69) is 5.32 Å². The average Bonchev–Trinajstić information content (AvgIpc) is 2.94. The Balaban J connectivity index is 1.76. The molecule has 0 saturated carbocycles. The topological polar surface area (TPSA) is 49.4 Å². The summed E-state index contributed by atoms with van der Waals surface area (Å²) in [7, 11) is 0. The first-order chi connectivity index (χ1) is 11.5. The number of amides is 2. The van der Waals surface area contributed by atoms with Gasteiger partial charge < -0.3 is 10.2 Å². The molecule has 1 atom stereocenters. The fourth-order valence-corrected chi connectivity index (χ4v) is 2.92. The zero-order valence-corrected chi connectivity index (χ0v) is 13.7. The second-order valence-corrected chi connectivity index (χ2v) is 6.16.